The van der Waals surface area contributed by atoms with E-state index in [1.807, 2.05) is 20.9 Å². The summed E-state index contributed by atoms with van der Waals surface area (Å²) in [4.78, 5) is 14.6. The molecule has 0 aromatic carbocycles. The smallest absolute Gasteiger partial charge is 0.326 e. The number of nitrogens with one attached hydrogen (secondary N) is 1. The molecule has 0 aliphatic carbocycles. The van der Waals surface area contributed by atoms with Crippen LogP contribution in [0.4, 0.5) is 0 Å². The fraction of sp³-hybridized carbons (Fsp3) is 0.938. The number of hydrogen-bond acceptors (Lipinski definition) is 4. The van der Waals surface area contributed by atoms with Gasteiger partial charge in [0.05, 0.1) is 6.61 Å². The van der Waals surface area contributed by atoms with Gasteiger partial charge in [-0.2, -0.15) is 0 Å². The summed E-state index contributed by atoms with van der Waals surface area (Å²) in [6, 6.07) is 0.402. The lowest BCUT2D eigenvalue weighted by molar-refractivity contribution is -0.151. The Morgan fingerprint density at radius 3 is 2.75 bits per heavy atom. The van der Waals surface area contributed by atoms with Gasteiger partial charge in [-0.15, -0.1) is 0 Å². The fourth-order valence-corrected chi connectivity index (χ4v) is 3.20. The van der Waals surface area contributed by atoms with Crippen molar-refractivity contribution in [3.05, 3.63) is 0 Å². The minimum absolute atomic E-state index is 0.140. The Balaban J connectivity index is 2.55. The van der Waals surface area contributed by atoms with E-state index in [2.05, 4.69) is 24.1 Å². The number of ether oxygens (including phenoxy) is 1. The molecule has 0 bridgehead atoms. The zero-order chi connectivity index (χ0) is 15.2. The van der Waals surface area contributed by atoms with Crippen molar-refractivity contribution in [2.45, 2.75) is 65.0 Å². The van der Waals surface area contributed by atoms with E-state index < -0.39 is 5.54 Å². The van der Waals surface area contributed by atoms with E-state index in [1.165, 1.54) is 25.8 Å². The highest BCUT2D eigenvalue weighted by Crippen LogP contribution is 2.26. The molecular weight excluding hydrogens is 252 g/mol. The van der Waals surface area contributed by atoms with Crippen molar-refractivity contribution in [1.82, 2.24) is 10.2 Å². The van der Waals surface area contributed by atoms with Crippen molar-refractivity contribution < 1.29 is 9.53 Å². The highest BCUT2D eigenvalue weighted by Gasteiger charge is 2.37. The van der Waals surface area contributed by atoms with Gasteiger partial charge in [-0.1, -0.05) is 13.3 Å². The highest BCUT2D eigenvalue weighted by molar-refractivity contribution is 5.80. The lowest BCUT2D eigenvalue weighted by Crippen LogP contribution is -2.52. The first-order valence-electron chi connectivity index (χ1n) is 8.07. The lowest BCUT2D eigenvalue weighted by Gasteiger charge is -2.33. The molecule has 3 atom stereocenters. The molecule has 1 aliphatic heterocycles. The van der Waals surface area contributed by atoms with Gasteiger partial charge in [0.1, 0.15) is 5.54 Å². The number of hydrogen-bond donors (Lipinski definition) is 1. The summed E-state index contributed by atoms with van der Waals surface area (Å²) in [5.74, 6) is 0.699. The molecule has 0 amide bonds. The normalized spacial score (nSPS) is 24.4. The average Bonchev–Trinajstić information content (AvgIpc) is 2.88. The topological polar surface area (TPSA) is 41.6 Å². The van der Waals surface area contributed by atoms with Gasteiger partial charge in [-0.3, -0.25) is 4.79 Å². The number of nitrogens with zero attached hydrogens (tertiary/aromatic N) is 1. The number of likely N-dealkylation sites (tertiary alicyclic amines) is 1. The third-order valence-corrected chi connectivity index (χ3v) is 4.62. The Kier molecular flexibility index (Phi) is 6.96. The minimum Gasteiger partial charge on any atom is -0.465 e. The van der Waals surface area contributed by atoms with E-state index in [1.54, 1.807) is 0 Å². The maximum atomic E-state index is 12.1. The van der Waals surface area contributed by atoms with Crippen molar-refractivity contribution in [2.75, 3.05) is 26.7 Å². The maximum absolute atomic E-state index is 12.1. The van der Waals surface area contributed by atoms with E-state index in [-0.39, 0.29) is 5.97 Å². The second-order valence-corrected chi connectivity index (χ2v) is 6.29. The van der Waals surface area contributed by atoms with Crippen LogP contribution in [0.15, 0.2) is 0 Å². The lowest BCUT2D eigenvalue weighted by atomic mass is 9.93. The summed E-state index contributed by atoms with van der Waals surface area (Å²) in [5, 5.41) is 3.15. The van der Waals surface area contributed by atoms with Crippen molar-refractivity contribution in [3.8, 4) is 0 Å². The van der Waals surface area contributed by atoms with Crippen molar-refractivity contribution >= 4 is 5.97 Å². The third kappa shape index (κ3) is 4.45. The molecule has 1 aliphatic rings. The molecule has 1 fully saturated rings. The Labute approximate surface area is 124 Å². The molecule has 4 heteroatoms. The predicted octanol–water partition coefficient (Wildman–Crippen LogP) is 2.43. The van der Waals surface area contributed by atoms with Crippen LogP contribution in [-0.2, 0) is 9.53 Å². The summed E-state index contributed by atoms with van der Waals surface area (Å²) in [6.07, 6.45) is 4.68. The van der Waals surface area contributed by atoms with Gasteiger partial charge in [0.2, 0.25) is 0 Å². The molecule has 0 saturated carbocycles. The minimum atomic E-state index is -0.585. The van der Waals surface area contributed by atoms with Gasteiger partial charge in [0, 0.05) is 12.6 Å². The van der Waals surface area contributed by atoms with Crippen molar-refractivity contribution in [1.29, 1.82) is 0 Å². The molecule has 0 aromatic rings. The van der Waals surface area contributed by atoms with Gasteiger partial charge in [-0.25, -0.2) is 0 Å². The Bertz CT molecular complexity index is 309. The van der Waals surface area contributed by atoms with E-state index in [9.17, 15) is 4.79 Å². The highest BCUT2D eigenvalue weighted by atomic mass is 16.5. The molecule has 3 unspecified atom stereocenters. The molecule has 1 saturated heterocycles. The average molecular weight is 284 g/mol. The number of likely N-dealkylation sites (N-methyl/N-ethyl adjacent to an activating group) is 1. The van der Waals surface area contributed by atoms with Crippen LogP contribution in [0.1, 0.15) is 53.4 Å². The summed E-state index contributed by atoms with van der Waals surface area (Å²) < 4.78 is 5.20. The first-order valence-corrected chi connectivity index (χ1v) is 8.07. The number of esters is 1. The van der Waals surface area contributed by atoms with Crippen LogP contribution in [0, 0.1) is 5.92 Å². The van der Waals surface area contributed by atoms with Gasteiger partial charge < -0.3 is 15.0 Å². The molecule has 1 rings (SSSR count). The molecule has 0 radical (unpaired) electrons. The number of rotatable bonds is 8. The maximum Gasteiger partial charge on any atom is 0.326 e. The first kappa shape index (κ1) is 17.4. The largest absolute Gasteiger partial charge is 0.465 e. The Morgan fingerprint density at radius 2 is 2.20 bits per heavy atom. The van der Waals surface area contributed by atoms with E-state index in [0.717, 1.165) is 18.9 Å². The zero-order valence-corrected chi connectivity index (χ0v) is 13.9. The SMILES string of the molecule is CCCC1CCN(C(C)CC(C)(NC)C(=O)OCC)C1. The first-order chi connectivity index (χ1) is 9.46. The summed E-state index contributed by atoms with van der Waals surface area (Å²) in [5.41, 5.74) is -0.585. The number of carbonyl (C=O) groups excluding carboxylic acids is 1. The fourth-order valence-electron chi connectivity index (χ4n) is 3.20. The van der Waals surface area contributed by atoms with Crippen LogP contribution in [0.2, 0.25) is 0 Å². The molecular formula is C16H32N2O2. The van der Waals surface area contributed by atoms with Crippen LogP contribution < -0.4 is 5.32 Å². The third-order valence-electron chi connectivity index (χ3n) is 4.62. The van der Waals surface area contributed by atoms with E-state index in [4.69, 9.17) is 4.74 Å². The van der Waals surface area contributed by atoms with Crippen LogP contribution in [0.5, 0.6) is 0 Å². The standard InChI is InChI=1S/C16H32N2O2/c1-6-8-14-9-10-18(12-14)13(3)11-16(4,17-5)15(19)20-7-2/h13-14,17H,6-12H2,1-5H3. The van der Waals surface area contributed by atoms with Crippen LogP contribution in [0.25, 0.3) is 0 Å². The summed E-state index contributed by atoms with van der Waals surface area (Å²) >= 11 is 0. The zero-order valence-electron chi connectivity index (χ0n) is 13.9. The number of carbonyl (C=O) groups is 1. The quantitative estimate of drug-likeness (QED) is 0.695. The molecule has 20 heavy (non-hydrogen) atoms. The van der Waals surface area contributed by atoms with Gasteiger partial charge >= 0.3 is 5.97 Å². The second kappa shape index (κ2) is 7.99. The van der Waals surface area contributed by atoms with Crippen molar-refractivity contribution in [2.24, 2.45) is 5.92 Å². The Hall–Kier alpha value is -0.610. The molecule has 0 aromatic heterocycles. The van der Waals surface area contributed by atoms with Crippen LogP contribution in [0.3, 0.4) is 0 Å². The van der Waals surface area contributed by atoms with E-state index >= 15 is 0 Å². The van der Waals surface area contributed by atoms with Gasteiger partial charge in [0.15, 0.2) is 0 Å². The van der Waals surface area contributed by atoms with Crippen LogP contribution in [-0.4, -0.2) is 49.2 Å². The molecule has 118 valence electrons. The molecule has 0 spiro atoms. The van der Waals surface area contributed by atoms with Crippen molar-refractivity contribution in [3.63, 3.8) is 0 Å². The summed E-state index contributed by atoms with van der Waals surface area (Å²) in [7, 11) is 1.84. The van der Waals surface area contributed by atoms with Crippen LogP contribution >= 0.6 is 0 Å². The monoisotopic (exact) mass is 284 g/mol. The molecule has 1 heterocycles. The predicted molar refractivity (Wildman–Crippen MR) is 82.8 cm³/mol. The summed E-state index contributed by atoms with van der Waals surface area (Å²) in [6.45, 7) is 11.1. The second-order valence-electron chi connectivity index (χ2n) is 6.29. The molecule has 4 nitrogen and oxygen atoms in total. The van der Waals surface area contributed by atoms with Gasteiger partial charge in [0.25, 0.3) is 0 Å². The molecule has 1 N–H and O–H groups in total. The van der Waals surface area contributed by atoms with E-state index in [0.29, 0.717) is 12.6 Å². The Morgan fingerprint density at radius 1 is 1.50 bits per heavy atom. The van der Waals surface area contributed by atoms with Gasteiger partial charge in [-0.05, 0) is 59.5 Å².